The molecule has 0 saturated carbocycles. The Hall–Kier alpha value is -2.73. The van der Waals surface area contributed by atoms with Crippen LogP contribution in [0.5, 0.6) is 0 Å². The monoisotopic (exact) mass is 293 g/mol. The second-order valence-corrected chi connectivity index (χ2v) is 5.54. The third kappa shape index (κ3) is 1.96. The van der Waals surface area contributed by atoms with E-state index in [0.29, 0.717) is 5.82 Å². The Morgan fingerprint density at radius 1 is 1.05 bits per heavy atom. The van der Waals surface area contributed by atoms with Crippen LogP contribution in [0.3, 0.4) is 0 Å². The number of rotatable bonds is 2. The number of thiophene rings is 1. The minimum Gasteiger partial charge on any atom is -0.382 e. The van der Waals surface area contributed by atoms with Crippen molar-refractivity contribution in [2.45, 2.75) is 0 Å². The van der Waals surface area contributed by atoms with E-state index in [1.807, 2.05) is 35.7 Å². The summed E-state index contributed by atoms with van der Waals surface area (Å²) in [5.74, 6) is 0.506. The van der Waals surface area contributed by atoms with Crippen LogP contribution < -0.4 is 5.73 Å². The van der Waals surface area contributed by atoms with Crippen LogP contribution in [0.4, 0.5) is 5.82 Å². The number of anilines is 1. The highest BCUT2D eigenvalue weighted by Crippen LogP contribution is 2.37. The Morgan fingerprint density at radius 3 is 2.71 bits per heavy atom. The summed E-state index contributed by atoms with van der Waals surface area (Å²) in [6, 6.07) is 9.98. The highest BCUT2D eigenvalue weighted by molar-refractivity contribution is 7.13. The average molecular weight is 293 g/mol. The second kappa shape index (κ2) is 4.68. The maximum absolute atomic E-state index is 6.02. The maximum atomic E-state index is 6.02. The Balaban J connectivity index is 1.93. The van der Waals surface area contributed by atoms with Gasteiger partial charge in [0.15, 0.2) is 5.82 Å². The molecule has 0 aliphatic carbocycles. The molecule has 3 N–H and O–H groups in total. The number of nitrogen functional groups attached to an aromatic ring is 1. The molecule has 0 atom stereocenters. The predicted octanol–water partition coefficient (Wildman–Crippen LogP) is 3.33. The zero-order chi connectivity index (χ0) is 14.2. The van der Waals surface area contributed by atoms with Crippen LogP contribution in [0.1, 0.15) is 0 Å². The van der Waals surface area contributed by atoms with Crippen LogP contribution in [0.2, 0.25) is 0 Å². The molecular weight excluding hydrogens is 282 g/mol. The Morgan fingerprint density at radius 2 is 1.90 bits per heavy atom. The van der Waals surface area contributed by atoms with Crippen molar-refractivity contribution < 1.29 is 0 Å². The number of hydrogen-bond acceptors (Lipinski definition) is 5. The summed E-state index contributed by atoms with van der Waals surface area (Å²) in [5.41, 5.74) is 10.6. The van der Waals surface area contributed by atoms with E-state index in [-0.39, 0.29) is 0 Å². The molecule has 0 bridgehead atoms. The second-order valence-electron chi connectivity index (χ2n) is 4.60. The first-order valence-electron chi connectivity index (χ1n) is 6.42. The van der Waals surface area contributed by atoms with Crippen molar-refractivity contribution in [3.8, 4) is 21.7 Å². The first-order valence-corrected chi connectivity index (χ1v) is 7.30. The minimum absolute atomic E-state index is 0.506. The van der Waals surface area contributed by atoms with Gasteiger partial charge < -0.3 is 5.73 Å². The van der Waals surface area contributed by atoms with Crippen molar-refractivity contribution in [3.05, 3.63) is 48.1 Å². The van der Waals surface area contributed by atoms with Gasteiger partial charge in [0.25, 0.3) is 0 Å². The number of nitrogens with two attached hydrogens (primary N) is 1. The SMILES string of the molecule is Nc1n[nH]c(-c2ccc3nccnc3c2)c1-c1cccs1. The van der Waals surface area contributed by atoms with Gasteiger partial charge in [-0.3, -0.25) is 15.1 Å². The lowest BCUT2D eigenvalue weighted by atomic mass is 10.1. The van der Waals surface area contributed by atoms with E-state index in [9.17, 15) is 0 Å². The summed E-state index contributed by atoms with van der Waals surface area (Å²) in [7, 11) is 0. The number of hydrogen-bond donors (Lipinski definition) is 2. The van der Waals surface area contributed by atoms with Gasteiger partial charge in [0, 0.05) is 22.8 Å². The quantitative estimate of drug-likeness (QED) is 0.594. The molecule has 0 spiro atoms. The molecule has 3 heterocycles. The van der Waals surface area contributed by atoms with Crippen molar-refractivity contribution in [3.63, 3.8) is 0 Å². The number of nitrogens with zero attached hydrogens (tertiary/aromatic N) is 3. The summed E-state index contributed by atoms with van der Waals surface area (Å²) >= 11 is 1.64. The maximum Gasteiger partial charge on any atom is 0.154 e. The van der Waals surface area contributed by atoms with E-state index < -0.39 is 0 Å². The first kappa shape index (κ1) is 12.0. The molecule has 0 aliphatic heterocycles. The van der Waals surface area contributed by atoms with Crippen LogP contribution >= 0.6 is 11.3 Å². The first-order chi connectivity index (χ1) is 10.3. The standard InChI is InChI=1S/C15H11N5S/c16-15-13(12-2-1-7-21-12)14(19-20-15)9-3-4-10-11(8-9)18-6-5-17-10/h1-8H,(H3,16,19,20). The molecule has 0 amide bonds. The topological polar surface area (TPSA) is 80.5 Å². The van der Waals surface area contributed by atoms with Crippen LogP contribution in [0, 0.1) is 0 Å². The molecule has 102 valence electrons. The molecule has 4 rings (SSSR count). The highest BCUT2D eigenvalue weighted by Gasteiger charge is 2.15. The van der Waals surface area contributed by atoms with Crippen LogP contribution in [-0.2, 0) is 0 Å². The molecule has 0 unspecified atom stereocenters. The van der Waals surface area contributed by atoms with Gasteiger partial charge in [-0.05, 0) is 23.6 Å². The van der Waals surface area contributed by atoms with E-state index >= 15 is 0 Å². The summed E-state index contributed by atoms with van der Waals surface area (Å²) in [4.78, 5) is 9.72. The Bertz CT molecular complexity index is 911. The number of aromatic amines is 1. The average Bonchev–Trinajstić information content (AvgIpc) is 3.15. The van der Waals surface area contributed by atoms with Gasteiger partial charge >= 0.3 is 0 Å². The molecular formula is C15H11N5S. The molecule has 5 nitrogen and oxygen atoms in total. The lowest BCUT2D eigenvalue weighted by molar-refractivity contribution is 1.10. The number of benzene rings is 1. The van der Waals surface area contributed by atoms with Crippen molar-refractivity contribution in [1.82, 2.24) is 20.2 Å². The summed E-state index contributed by atoms with van der Waals surface area (Å²) in [6.45, 7) is 0. The van der Waals surface area contributed by atoms with Gasteiger partial charge in [-0.1, -0.05) is 12.1 Å². The molecule has 3 aromatic heterocycles. The van der Waals surface area contributed by atoms with E-state index in [1.54, 1.807) is 23.7 Å². The Kier molecular flexibility index (Phi) is 2.68. The van der Waals surface area contributed by atoms with E-state index in [4.69, 9.17) is 5.73 Å². The van der Waals surface area contributed by atoms with Gasteiger partial charge in [0.2, 0.25) is 0 Å². The summed E-state index contributed by atoms with van der Waals surface area (Å²) < 4.78 is 0. The van der Waals surface area contributed by atoms with Crippen LogP contribution in [-0.4, -0.2) is 20.2 Å². The summed E-state index contributed by atoms with van der Waals surface area (Å²) in [6.07, 6.45) is 3.38. The third-order valence-corrected chi connectivity index (χ3v) is 4.21. The smallest absolute Gasteiger partial charge is 0.154 e. The zero-order valence-electron chi connectivity index (χ0n) is 10.9. The van der Waals surface area contributed by atoms with E-state index in [1.165, 1.54) is 0 Å². The van der Waals surface area contributed by atoms with E-state index in [2.05, 4.69) is 20.2 Å². The summed E-state index contributed by atoms with van der Waals surface area (Å²) in [5, 5.41) is 9.20. The normalized spacial score (nSPS) is 11.0. The van der Waals surface area contributed by atoms with Gasteiger partial charge in [0.1, 0.15) is 0 Å². The number of nitrogens with one attached hydrogen (secondary N) is 1. The fraction of sp³-hybridized carbons (Fsp3) is 0. The molecule has 0 saturated heterocycles. The third-order valence-electron chi connectivity index (χ3n) is 3.32. The van der Waals surface area contributed by atoms with Gasteiger partial charge in [-0.2, -0.15) is 5.10 Å². The molecule has 0 radical (unpaired) electrons. The predicted molar refractivity (Wildman–Crippen MR) is 84.8 cm³/mol. The fourth-order valence-corrected chi connectivity index (χ4v) is 3.14. The lowest BCUT2D eigenvalue weighted by Gasteiger charge is -2.04. The molecule has 4 aromatic rings. The fourth-order valence-electron chi connectivity index (χ4n) is 2.35. The Labute approximate surface area is 124 Å². The number of fused-ring (bicyclic) bond motifs is 1. The number of aromatic nitrogens is 4. The van der Waals surface area contributed by atoms with Crippen LogP contribution in [0.25, 0.3) is 32.7 Å². The molecule has 0 fully saturated rings. The molecule has 21 heavy (non-hydrogen) atoms. The van der Waals surface area contributed by atoms with Crippen LogP contribution in [0.15, 0.2) is 48.1 Å². The van der Waals surface area contributed by atoms with Gasteiger partial charge in [-0.15, -0.1) is 11.3 Å². The zero-order valence-corrected chi connectivity index (χ0v) is 11.8. The molecule has 6 heteroatoms. The highest BCUT2D eigenvalue weighted by atomic mass is 32.1. The van der Waals surface area contributed by atoms with Gasteiger partial charge in [-0.25, -0.2) is 0 Å². The van der Waals surface area contributed by atoms with E-state index in [0.717, 1.165) is 32.7 Å². The van der Waals surface area contributed by atoms with Crippen molar-refractivity contribution in [1.29, 1.82) is 0 Å². The molecule has 1 aromatic carbocycles. The minimum atomic E-state index is 0.506. The van der Waals surface area contributed by atoms with Crippen molar-refractivity contribution >= 4 is 28.2 Å². The molecule has 0 aliphatic rings. The number of H-pyrrole nitrogens is 1. The lowest BCUT2D eigenvalue weighted by Crippen LogP contribution is -1.88. The van der Waals surface area contributed by atoms with Crippen molar-refractivity contribution in [2.24, 2.45) is 0 Å². The van der Waals surface area contributed by atoms with Crippen molar-refractivity contribution in [2.75, 3.05) is 5.73 Å². The van der Waals surface area contributed by atoms with Gasteiger partial charge in [0.05, 0.1) is 22.3 Å². The largest absolute Gasteiger partial charge is 0.382 e.